The zero-order valence-corrected chi connectivity index (χ0v) is 16.4. The Morgan fingerprint density at radius 1 is 1.11 bits per heavy atom. The van der Waals surface area contributed by atoms with Gasteiger partial charge in [-0.15, -0.1) is 0 Å². The molecule has 5 heterocycles. The molecule has 0 aromatic carbocycles. The molecule has 6 heteroatoms. The number of aromatic nitrogens is 2. The van der Waals surface area contributed by atoms with Gasteiger partial charge in [0.2, 0.25) is 0 Å². The first-order valence-corrected chi connectivity index (χ1v) is 10.7. The van der Waals surface area contributed by atoms with Crippen molar-refractivity contribution in [3.8, 4) is 0 Å². The lowest BCUT2D eigenvalue weighted by atomic mass is 9.83. The molecule has 3 saturated heterocycles. The van der Waals surface area contributed by atoms with Gasteiger partial charge in [-0.2, -0.15) is 0 Å². The Kier molecular flexibility index (Phi) is 4.70. The topological polar surface area (TPSA) is 40.9 Å². The maximum atomic E-state index is 12.5. The number of pyridine rings is 1. The van der Waals surface area contributed by atoms with Gasteiger partial charge in [0.05, 0.1) is 10.7 Å². The first-order chi connectivity index (χ1) is 13.1. The Bertz CT molecular complexity index is 893. The van der Waals surface area contributed by atoms with E-state index in [1.807, 2.05) is 6.07 Å². The van der Waals surface area contributed by atoms with Crippen molar-refractivity contribution in [2.24, 2.45) is 11.8 Å². The summed E-state index contributed by atoms with van der Waals surface area (Å²) < 4.78 is 1.53. The number of piperidine rings is 1. The summed E-state index contributed by atoms with van der Waals surface area (Å²) in [4.78, 5) is 22.5. The number of hydrogen-bond acceptors (Lipinski definition) is 4. The lowest BCUT2D eigenvalue weighted by Crippen LogP contribution is -2.46. The molecule has 2 aromatic rings. The van der Waals surface area contributed by atoms with Gasteiger partial charge in [-0.05, 0) is 49.7 Å². The van der Waals surface area contributed by atoms with Crippen LogP contribution in [0.4, 0.5) is 0 Å². The molecular weight excluding hydrogens is 360 g/mol. The van der Waals surface area contributed by atoms with E-state index in [9.17, 15) is 4.79 Å². The zero-order chi connectivity index (χ0) is 18.4. The second-order valence-corrected chi connectivity index (χ2v) is 9.14. The monoisotopic (exact) mass is 386 g/mol. The van der Waals surface area contributed by atoms with Gasteiger partial charge in [0, 0.05) is 51.0 Å². The van der Waals surface area contributed by atoms with E-state index in [2.05, 4.69) is 9.80 Å². The van der Waals surface area contributed by atoms with E-state index in [0.717, 1.165) is 37.2 Å². The van der Waals surface area contributed by atoms with Crippen molar-refractivity contribution in [2.45, 2.75) is 44.7 Å². The Labute approximate surface area is 164 Å². The van der Waals surface area contributed by atoms with Gasteiger partial charge in [-0.25, -0.2) is 4.98 Å². The molecule has 0 radical (unpaired) electrons. The minimum atomic E-state index is -0.0538. The molecule has 3 aliphatic heterocycles. The summed E-state index contributed by atoms with van der Waals surface area (Å²) in [6.45, 7) is 5.54. The SMILES string of the molecule is O=c1cc(CN2C[C@H]3CC[C@@H](C2)N(CC2CCC2)C3)nc2ccc(Cl)cn12. The van der Waals surface area contributed by atoms with Gasteiger partial charge < -0.3 is 0 Å². The summed E-state index contributed by atoms with van der Waals surface area (Å²) in [5.41, 5.74) is 1.49. The second-order valence-electron chi connectivity index (χ2n) is 8.70. The van der Waals surface area contributed by atoms with Gasteiger partial charge in [0.25, 0.3) is 5.56 Å². The van der Waals surface area contributed by atoms with Crippen LogP contribution in [-0.4, -0.2) is 51.4 Å². The molecule has 5 nitrogen and oxygen atoms in total. The maximum Gasteiger partial charge on any atom is 0.258 e. The summed E-state index contributed by atoms with van der Waals surface area (Å²) in [5.74, 6) is 1.69. The van der Waals surface area contributed by atoms with E-state index in [4.69, 9.17) is 16.6 Å². The van der Waals surface area contributed by atoms with Crippen LogP contribution < -0.4 is 5.56 Å². The summed E-state index contributed by atoms with van der Waals surface area (Å²) in [6, 6.07) is 5.95. The third kappa shape index (κ3) is 3.65. The summed E-state index contributed by atoms with van der Waals surface area (Å²) in [5, 5.41) is 0.551. The first kappa shape index (κ1) is 17.7. The molecule has 4 fully saturated rings. The maximum absolute atomic E-state index is 12.5. The van der Waals surface area contributed by atoms with Gasteiger partial charge in [0.15, 0.2) is 0 Å². The smallest absolute Gasteiger partial charge is 0.258 e. The number of fused-ring (bicyclic) bond motifs is 5. The van der Waals surface area contributed by atoms with Crippen LogP contribution in [0.1, 0.15) is 37.8 Å². The number of halogens is 1. The van der Waals surface area contributed by atoms with Gasteiger partial charge in [-0.1, -0.05) is 18.0 Å². The highest BCUT2D eigenvalue weighted by molar-refractivity contribution is 6.30. The lowest BCUT2D eigenvalue weighted by Gasteiger charge is -2.40. The molecule has 0 N–H and O–H groups in total. The van der Waals surface area contributed by atoms with E-state index >= 15 is 0 Å². The van der Waals surface area contributed by atoms with Crippen LogP contribution in [0.3, 0.4) is 0 Å². The molecular formula is C21H27ClN4O. The average Bonchev–Trinajstić information content (AvgIpc) is 2.89. The van der Waals surface area contributed by atoms with Crippen LogP contribution >= 0.6 is 11.6 Å². The standard InChI is InChI=1S/C21H27ClN4O/c22-17-5-7-20-23-18(8-21(27)26(20)12-17)13-24-9-16-4-6-19(14-24)25(11-16)10-15-2-1-3-15/h5,7-8,12,15-16,19H,1-4,6,9-11,13-14H2/t16-,19+/m1/s1. The number of hydrogen-bond donors (Lipinski definition) is 0. The van der Waals surface area contributed by atoms with Crippen LogP contribution in [0.25, 0.3) is 5.65 Å². The molecule has 0 amide bonds. The summed E-state index contributed by atoms with van der Waals surface area (Å²) in [6.07, 6.45) is 8.57. The fourth-order valence-electron chi connectivity index (χ4n) is 5.07. The molecule has 1 saturated carbocycles. The molecule has 6 rings (SSSR count). The second kappa shape index (κ2) is 7.19. The lowest BCUT2D eigenvalue weighted by molar-refractivity contribution is 0.0890. The van der Waals surface area contributed by atoms with Gasteiger partial charge >= 0.3 is 0 Å². The van der Waals surface area contributed by atoms with E-state index in [0.29, 0.717) is 16.7 Å². The van der Waals surface area contributed by atoms with Crippen molar-refractivity contribution in [1.29, 1.82) is 0 Å². The van der Waals surface area contributed by atoms with Crippen LogP contribution in [0.15, 0.2) is 29.2 Å². The molecule has 0 spiro atoms. The van der Waals surface area contributed by atoms with Crippen molar-refractivity contribution in [1.82, 2.24) is 19.2 Å². The highest BCUT2D eigenvalue weighted by Gasteiger charge is 2.36. The molecule has 2 bridgehead atoms. The van der Waals surface area contributed by atoms with Crippen molar-refractivity contribution in [2.75, 3.05) is 26.2 Å². The molecule has 144 valence electrons. The predicted octanol–water partition coefficient (Wildman–Crippen LogP) is 3.04. The Balaban J connectivity index is 1.33. The van der Waals surface area contributed by atoms with Crippen LogP contribution in [0.2, 0.25) is 5.02 Å². The number of nitrogens with zero attached hydrogens (tertiary/aromatic N) is 4. The van der Waals surface area contributed by atoms with E-state index in [1.54, 1.807) is 18.3 Å². The fourth-order valence-corrected chi connectivity index (χ4v) is 5.23. The van der Waals surface area contributed by atoms with Crippen molar-refractivity contribution in [3.05, 3.63) is 45.5 Å². The quantitative estimate of drug-likeness (QED) is 0.809. The van der Waals surface area contributed by atoms with E-state index in [1.165, 1.54) is 49.6 Å². The third-order valence-electron chi connectivity index (χ3n) is 6.68. The van der Waals surface area contributed by atoms with Crippen molar-refractivity contribution in [3.63, 3.8) is 0 Å². The minimum absolute atomic E-state index is 0.0538. The van der Waals surface area contributed by atoms with Crippen LogP contribution in [0, 0.1) is 11.8 Å². The average molecular weight is 387 g/mol. The normalized spacial score (nSPS) is 27.0. The van der Waals surface area contributed by atoms with Crippen LogP contribution in [0.5, 0.6) is 0 Å². The molecule has 0 unspecified atom stereocenters. The van der Waals surface area contributed by atoms with E-state index in [-0.39, 0.29) is 5.56 Å². The minimum Gasteiger partial charge on any atom is -0.299 e. The van der Waals surface area contributed by atoms with E-state index < -0.39 is 0 Å². The first-order valence-electron chi connectivity index (χ1n) is 10.3. The highest BCUT2D eigenvalue weighted by Crippen LogP contribution is 2.33. The molecule has 2 aromatic heterocycles. The highest BCUT2D eigenvalue weighted by atomic mass is 35.5. The Hall–Kier alpha value is -1.43. The molecule has 4 aliphatic rings. The largest absolute Gasteiger partial charge is 0.299 e. The third-order valence-corrected chi connectivity index (χ3v) is 6.91. The number of rotatable bonds is 4. The van der Waals surface area contributed by atoms with Gasteiger partial charge in [-0.3, -0.25) is 19.0 Å². The molecule has 27 heavy (non-hydrogen) atoms. The zero-order valence-electron chi connectivity index (χ0n) is 15.7. The van der Waals surface area contributed by atoms with Crippen molar-refractivity contribution >= 4 is 17.2 Å². The predicted molar refractivity (Wildman–Crippen MR) is 107 cm³/mol. The fraction of sp³-hybridized carbons (Fsp3) is 0.619. The van der Waals surface area contributed by atoms with Crippen molar-refractivity contribution < 1.29 is 0 Å². The molecule has 2 atom stereocenters. The Morgan fingerprint density at radius 3 is 2.81 bits per heavy atom. The van der Waals surface area contributed by atoms with Gasteiger partial charge in [0.1, 0.15) is 5.65 Å². The summed E-state index contributed by atoms with van der Waals surface area (Å²) >= 11 is 6.01. The molecule has 1 aliphatic carbocycles. The summed E-state index contributed by atoms with van der Waals surface area (Å²) in [7, 11) is 0. The Morgan fingerprint density at radius 2 is 2.00 bits per heavy atom. The van der Waals surface area contributed by atoms with Crippen LogP contribution in [-0.2, 0) is 6.54 Å².